The maximum atomic E-state index is 12.0. The van der Waals surface area contributed by atoms with Gasteiger partial charge >= 0.3 is 0 Å². The number of fused-ring (bicyclic) bond motifs is 1. The van der Waals surface area contributed by atoms with Crippen LogP contribution in [-0.4, -0.2) is 16.6 Å². The number of aromatic nitrogens is 2. The van der Waals surface area contributed by atoms with Crippen LogP contribution in [0.2, 0.25) is 0 Å². The van der Waals surface area contributed by atoms with E-state index in [1.54, 1.807) is 20.2 Å². The zero-order chi connectivity index (χ0) is 13.3. The number of rotatable bonds is 1. The Morgan fingerprint density at radius 2 is 2.06 bits per heavy atom. The molecule has 0 saturated heterocycles. The fraction of sp³-hybridized carbons (Fsp3) is 0.167. The minimum absolute atomic E-state index is 0.00455. The predicted molar refractivity (Wildman–Crippen MR) is 66.0 cm³/mol. The first-order valence-corrected chi connectivity index (χ1v) is 5.15. The van der Waals surface area contributed by atoms with Crippen LogP contribution in [0.5, 0.6) is 0 Å². The summed E-state index contributed by atoms with van der Waals surface area (Å²) in [4.78, 5) is 16.1. The van der Waals surface area contributed by atoms with Gasteiger partial charge in [-0.25, -0.2) is 4.98 Å². The molecule has 0 bridgehead atoms. The zero-order valence-corrected chi connectivity index (χ0v) is 9.85. The molecular weight excluding hydrogens is 230 g/mol. The molecule has 0 fully saturated rings. The average molecular weight is 239 g/mol. The highest BCUT2D eigenvalue weighted by atomic mass is 16.1. The van der Waals surface area contributed by atoms with Crippen LogP contribution >= 0.6 is 0 Å². The second-order valence-corrected chi connectivity index (χ2v) is 3.65. The minimum Gasteiger partial charge on any atom is -0.385 e. The lowest BCUT2D eigenvalue weighted by atomic mass is 10.1. The third-order valence-corrected chi connectivity index (χ3v) is 2.72. The van der Waals surface area contributed by atoms with Crippen LogP contribution in [0, 0.1) is 22.7 Å². The Labute approximate surface area is 103 Å². The van der Waals surface area contributed by atoms with E-state index in [0.717, 1.165) is 0 Å². The molecule has 1 N–H and O–H groups in total. The lowest BCUT2D eigenvalue weighted by Gasteiger charge is -2.10. The van der Waals surface area contributed by atoms with Crippen LogP contribution in [0.15, 0.2) is 16.9 Å². The lowest BCUT2D eigenvalue weighted by Crippen LogP contribution is -2.22. The first kappa shape index (κ1) is 11.6. The van der Waals surface area contributed by atoms with Crippen molar-refractivity contribution < 1.29 is 0 Å². The van der Waals surface area contributed by atoms with E-state index in [4.69, 9.17) is 10.5 Å². The molecule has 0 spiro atoms. The lowest BCUT2D eigenvalue weighted by molar-refractivity contribution is 0.898. The summed E-state index contributed by atoms with van der Waals surface area (Å²) in [5, 5.41) is 20.7. The summed E-state index contributed by atoms with van der Waals surface area (Å²) in [6.07, 6.45) is 0. The van der Waals surface area contributed by atoms with E-state index >= 15 is 0 Å². The zero-order valence-electron chi connectivity index (χ0n) is 9.85. The van der Waals surface area contributed by atoms with Crippen LogP contribution < -0.4 is 10.9 Å². The molecule has 2 aromatic rings. The number of aryl methyl sites for hydroxylation is 1. The van der Waals surface area contributed by atoms with Gasteiger partial charge in [0.05, 0.1) is 11.2 Å². The van der Waals surface area contributed by atoms with Crippen molar-refractivity contribution >= 4 is 16.7 Å². The van der Waals surface area contributed by atoms with Gasteiger partial charge in [-0.3, -0.25) is 4.79 Å². The normalized spacial score (nSPS) is 9.78. The summed E-state index contributed by atoms with van der Waals surface area (Å²) in [7, 11) is 3.18. The molecule has 0 aliphatic heterocycles. The Kier molecular flexibility index (Phi) is 2.70. The van der Waals surface area contributed by atoms with Crippen LogP contribution in [0.4, 0.5) is 5.69 Å². The number of nitriles is 2. The predicted octanol–water partition coefficient (Wildman–Crippen LogP) is 0.719. The number of pyridine rings is 2. The molecule has 2 aromatic heterocycles. The van der Waals surface area contributed by atoms with Crippen LogP contribution in [0.25, 0.3) is 11.0 Å². The van der Waals surface area contributed by atoms with Crippen molar-refractivity contribution in [2.24, 2.45) is 7.05 Å². The highest BCUT2D eigenvalue weighted by Crippen LogP contribution is 2.22. The smallest absolute Gasteiger partial charge is 0.270 e. The molecule has 6 nitrogen and oxygen atoms in total. The molecule has 0 unspecified atom stereocenters. The summed E-state index contributed by atoms with van der Waals surface area (Å²) < 4.78 is 1.35. The maximum Gasteiger partial charge on any atom is 0.270 e. The maximum absolute atomic E-state index is 12.0. The molecule has 0 radical (unpaired) electrons. The Balaban J connectivity index is 3.07. The highest BCUT2D eigenvalue weighted by molar-refractivity contribution is 5.91. The Morgan fingerprint density at radius 1 is 1.33 bits per heavy atom. The SMILES string of the molecule is CNc1c(C#N)c(=O)n(C)c2ccc(C#N)nc12. The Bertz CT molecular complexity index is 776. The van der Waals surface area contributed by atoms with Gasteiger partial charge in [-0.15, -0.1) is 0 Å². The fourth-order valence-electron chi connectivity index (χ4n) is 1.82. The standard InChI is InChI=1S/C12H9N5O/c1-15-10-8(6-14)12(18)17(2)9-4-3-7(5-13)16-11(9)10/h3-4,15H,1-2H3. The van der Waals surface area contributed by atoms with Crippen LogP contribution in [0.3, 0.4) is 0 Å². The number of anilines is 1. The van der Waals surface area contributed by atoms with Gasteiger partial charge in [0.25, 0.3) is 5.56 Å². The number of hydrogen-bond donors (Lipinski definition) is 1. The Morgan fingerprint density at radius 3 is 2.61 bits per heavy atom. The second kappa shape index (κ2) is 4.19. The fourth-order valence-corrected chi connectivity index (χ4v) is 1.82. The topological polar surface area (TPSA) is 94.5 Å². The molecule has 6 heteroatoms. The molecule has 0 atom stereocenters. The van der Waals surface area contributed by atoms with Gasteiger partial charge in [0.15, 0.2) is 0 Å². The number of nitrogens with one attached hydrogen (secondary N) is 1. The van der Waals surface area contributed by atoms with Crippen molar-refractivity contribution in [1.29, 1.82) is 10.5 Å². The van der Waals surface area contributed by atoms with Gasteiger partial charge in [-0.05, 0) is 12.1 Å². The molecule has 0 aliphatic carbocycles. The first-order chi connectivity index (χ1) is 8.63. The third-order valence-electron chi connectivity index (χ3n) is 2.72. The van der Waals surface area contributed by atoms with E-state index in [1.807, 2.05) is 12.1 Å². The van der Waals surface area contributed by atoms with Crippen molar-refractivity contribution in [3.63, 3.8) is 0 Å². The van der Waals surface area contributed by atoms with E-state index in [-0.39, 0.29) is 16.8 Å². The number of nitrogens with zero attached hydrogens (tertiary/aromatic N) is 4. The molecule has 0 aromatic carbocycles. The first-order valence-electron chi connectivity index (χ1n) is 5.15. The summed E-state index contributed by atoms with van der Waals surface area (Å²) in [5.41, 5.74) is 1.21. The monoisotopic (exact) mass is 239 g/mol. The van der Waals surface area contributed by atoms with Crippen molar-refractivity contribution in [3.05, 3.63) is 33.7 Å². The van der Waals surface area contributed by atoms with Gasteiger partial charge < -0.3 is 9.88 Å². The Hall–Kier alpha value is -2.86. The van der Waals surface area contributed by atoms with E-state index in [1.165, 1.54) is 10.6 Å². The summed E-state index contributed by atoms with van der Waals surface area (Å²) in [6.45, 7) is 0. The molecule has 0 aliphatic rings. The molecule has 2 rings (SSSR count). The van der Waals surface area contributed by atoms with Gasteiger partial charge in [-0.2, -0.15) is 10.5 Å². The molecular formula is C12H9N5O. The van der Waals surface area contributed by atoms with Gasteiger partial charge in [-0.1, -0.05) is 0 Å². The van der Waals surface area contributed by atoms with Crippen molar-refractivity contribution in [1.82, 2.24) is 9.55 Å². The minimum atomic E-state index is -0.388. The molecule has 88 valence electrons. The highest BCUT2D eigenvalue weighted by Gasteiger charge is 2.15. The van der Waals surface area contributed by atoms with Crippen molar-refractivity contribution in [2.75, 3.05) is 12.4 Å². The average Bonchev–Trinajstić information content (AvgIpc) is 2.41. The molecule has 0 amide bonds. The molecule has 2 heterocycles. The van der Waals surface area contributed by atoms with Gasteiger partial charge in [0.2, 0.25) is 0 Å². The van der Waals surface area contributed by atoms with E-state index in [2.05, 4.69) is 10.3 Å². The van der Waals surface area contributed by atoms with Crippen LogP contribution in [0.1, 0.15) is 11.3 Å². The van der Waals surface area contributed by atoms with E-state index in [9.17, 15) is 4.79 Å². The summed E-state index contributed by atoms with van der Waals surface area (Å²) >= 11 is 0. The van der Waals surface area contributed by atoms with Crippen LogP contribution in [-0.2, 0) is 7.05 Å². The van der Waals surface area contributed by atoms with Gasteiger partial charge in [0, 0.05) is 14.1 Å². The van der Waals surface area contributed by atoms with Crippen molar-refractivity contribution in [3.8, 4) is 12.1 Å². The quantitative estimate of drug-likeness (QED) is 0.791. The largest absolute Gasteiger partial charge is 0.385 e. The molecule has 18 heavy (non-hydrogen) atoms. The van der Waals surface area contributed by atoms with E-state index < -0.39 is 0 Å². The number of hydrogen-bond acceptors (Lipinski definition) is 5. The van der Waals surface area contributed by atoms with E-state index in [0.29, 0.717) is 16.7 Å². The van der Waals surface area contributed by atoms with Gasteiger partial charge in [0.1, 0.15) is 28.9 Å². The molecule has 0 saturated carbocycles. The third kappa shape index (κ3) is 1.48. The summed E-state index contributed by atoms with van der Waals surface area (Å²) in [6, 6.07) is 6.98. The van der Waals surface area contributed by atoms with Crippen molar-refractivity contribution in [2.45, 2.75) is 0 Å². The second-order valence-electron chi connectivity index (χ2n) is 3.65. The summed E-state index contributed by atoms with van der Waals surface area (Å²) in [5.74, 6) is 0.